The molecule has 3 rings (SSSR count). The van der Waals surface area contributed by atoms with Crippen molar-refractivity contribution in [2.75, 3.05) is 0 Å². The predicted molar refractivity (Wildman–Crippen MR) is 77.9 cm³/mol. The molecule has 0 saturated heterocycles. The summed E-state index contributed by atoms with van der Waals surface area (Å²) in [5.41, 5.74) is 3.11. The largest absolute Gasteiger partial charge is 0.410 e. The van der Waals surface area contributed by atoms with Crippen LogP contribution in [0.4, 0.5) is 0 Å². The maximum Gasteiger partial charge on any atom is 0.137 e. The molecule has 0 saturated carbocycles. The average molecular weight is 263 g/mol. The molecule has 0 bridgehead atoms. The molecule has 0 radical (unpaired) electrons. The SMILES string of the molecule is ON=C(c1ccccc1)c1ccccc1-c1ncc[nH]1. The van der Waals surface area contributed by atoms with E-state index in [1.165, 1.54) is 0 Å². The molecule has 0 atom stereocenters. The quantitative estimate of drug-likeness (QED) is 0.432. The summed E-state index contributed by atoms with van der Waals surface area (Å²) in [5.74, 6) is 0.748. The van der Waals surface area contributed by atoms with Gasteiger partial charge in [0.05, 0.1) is 0 Å². The summed E-state index contributed by atoms with van der Waals surface area (Å²) in [7, 11) is 0. The summed E-state index contributed by atoms with van der Waals surface area (Å²) in [5, 5.41) is 12.9. The lowest BCUT2D eigenvalue weighted by molar-refractivity contribution is 0.319. The highest BCUT2D eigenvalue weighted by Crippen LogP contribution is 2.23. The van der Waals surface area contributed by atoms with E-state index in [9.17, 15) is 5.21 Å². The smallest absolute Gasteiger partial charge is 0.137 e. The number of aromatic amines is 1. The average Bonchev–Trinajstić information content (AvgIpc) is 3.04. The minimum atomic E-state index is 0.526. The molecule has 0 aliphatic heterocycles. The molecule has 3 aromatic rings. The van der Waals surface area contributed by atoms with Crippen LogP contribution in [0.2, 0.25) is 0 Å². The normalized spacial score (nSPS) is 11.5. The van der Waals surface area contributed by atoms with Gasteiger partial charge in [0, 0.05) is 29.1 Å². The molecule has 0 fully saturated rings. The first-order chi connectivity index (χ1) is 9.90. The van der Waals surface area contributed by atoms with E-state index < -0.39 is 0 Å². The van der Waals surface area contributed by atoms with E-state index in [-0.39, 0.29) is 0 Å². The molecule has 0 unspecified atom stereocenters. The van der Waals surface area contributed by atoms with Crippen molar-refractivity contribution < 1.29 is 5.21 Å². The van der Waals surface area contributed by atoms with Crippen molar-refractivity contribution in [2.45, 2.75) is 0 Å². The van der Waals surface area contributed by atoms with Crippen LogP contribution in [0.15, 0.2) is 72.1 Å². The minimum Gasteiger partial charge on any atom is -0.410 e. The molecule has 98 valence electrons. The van der Waals surface area contributed by atoms with Gasteiger partial charge in [0.25, 0.3) is 0 Å². The summed E-state index contributed by atoms with van der Waals surface area (Å²) in [4.78, 5) is 7.34. The van der Waals surface area contributed by atoms with E-state index in [0.29, 0.717) is 5.71 Å². The second kappa shape index (κ2) is 5.40. The highest BCUT2D eigenvalue weighted by Gasteiger charge is 2.14. The van der Waals surface area contributed by atoms with Crippen molar-refractivity contribution in [3.8, 4) is 11.4 Å². The van der Waals surface area contributed by atoms with Crippen LogP contribution in [0, 0.1) is 0 Å². The maximum absolute atomic E-state index is 9.41. The first-order valence-corrected chi connectivity index (χ1v) is 6.27. The Bertz CT molecular complexity index is 718. The number of rotatable bonds is 3. The zero-order chi connectivity index (χ0) is 13.8. The molecule has 0 aliphatic rings. The van der Waals surface area contributed by atoms with Crippen LogP contribution < -0.4 is 0 Å². The van der Waals surface area contributed by atoms with E-state index in [2.05, 4.69) is 15.1 Å². The van der Waals surface area contributed by atoms with Crippen molar-refractivity contribution >= 4 is 5.71 Å². The lowest BCUT2D eigenvalue weighted by atomic mass is 9.97. The van der Waals surface area contributed by atoms with Gasteiger partial charge >= 0.3 is 0 Å². The van der Waals surface area contributed by atoms with Gasteiger partial charge in [0.15, 0.2) is 0 Å². The molecule has 0 spiro atoms. The first kappa shape index (κ1) is 12.2. The fourth-order valence-corrected chi connectivity index (χ4v) is 2.17. The van der Waals surface area contributed by atoms with Crippen LogP contribution in [0.1, 0.15) is 11.1 Å². The zero-order valence-electron chi connectivity index (χ0n) is 10.7. The Morgan fingerprint density at radius 1 is 1.00 bits per heavy atom. The lowest BCUT2D eigenvalue weighted by Crippen LogP contribution is -2.05. The molecule has 2 N–H and O–H groups in total. The molecule has 20 heavy (non-hydrogen) atoms. The highest BCUT2D eigenvalue weighted by atomic mass is 16.4. The minimum absolute atomic E-state index is 0.526. The van der Waals surface area contributed by atoms with E-state index in [1.807, 2.05) is 54.6 Å². The molecule has 1 aromatic heterocycles. The summed E-state index contributed by atoms with van der Waals surface area (Å²) in [6, 6.07) is 17.3. The van der Waals surface area contributed by atoms with Gasteiger partial charge in [-0.2, -0.15) is 0 Å². The third-order valence-corrected chi connectivity index (χ3v) is 3.08. The molecule has 0 aliphatic carbocycles. The number of hydrogen-bond donors (Lipinski definition) is 2. The number of hydrogen-bond acceptors (Lipinski definition) is 3. The second-order valence-electron chi connectivity index (χ2n) is 4.30. The summed E-state index contributed by atoms with van der Waals surface area (Å²) < 4.78 is 0. The number of oxime groups is 1. The van der Waals surface area contributed by atoms with E-state index in [0.717, 1.165) is 22.5 Å². The number of nitrogens with one attached hydrogen (secondary N) is 1. The maximum atomic E-state index is 9.41. The van der Waals surface area contributed by atoms with E-state index in [4.69, 9.17) is 0 Å². The fourth-order valence-electron chi connectivity index (χ4n) is 2.17. The molecule has 0 amide bonds. The van der Waals surface area contributed by atoms with Gasteiger partial charge in [-0.25, -0.2) is 4.98 Å². The van der Waals surface area contributed by atoms with Crippen molar-refractivity contribution in [2.24, 2.45) is 5.16 Å². The van der Waals surface area contributed by atoms with E-state index >= 15 is 0 Å². The predicted octanol–water partition coefficient (Wildman–Crippen LogP) is 3.30. The number of imidazole rings is 1. The monoisotopic (exact) mass is 263 g/mol. The van der Waals surface area contributed by atoms with Gasteiger partial charge in [0.2, 0.25) is 0 Å². The van der Waals surface area contributed by atoms with Crippen LogP contribution in [0.3, 0.4) is 0 Å². The Labute approximate surface area is 116 Å². The van der Waals surface area contributed by atoms with Gasteiger partial charge < -0.3 is 10.2 Å². The Kier molecular flexibility index (Phi) is 3.29. The third kappa shape index (κ3) is 2.19. The van der Waals surface area contributed by atoms with Gasteiger partial charge in [-0.1, -0.05) is 59.8 Å². The molecule has 2 aromatic carbocycles. The van der Waals surface area contributed by atoms with Crippen molar-refractivity contribution in [3.63, 3.8) is 0 Å². The number of aromatic nitrogens is 2. The Morgan fingerprint density at radius 3 is 2.45 bits per heavy atom. The van der Waals surface area contributed by atoms with Crippen LogP contribution in [-0.2, 0) is 0 Å². The summed E-state index contributed by atoms with van der Waals surface area (Å²) >= 11 is 0. The molecule has 4 heteroatoms. The number of nitrogens with zero attached hydrogens (tertiary/aromatic N) is 2. The standard InChI is InChI=1S/C16H13N3O/c20-19-15(12-6-2-1-3-7-12)13-8-4-5-9-14(13)16-17-10-11-18-16/h1-11,20H,(H,17,18). The van der Waals surface area contributed by atoms with Crippen LogP contribution in [-0.4, -0.2) is 20.9 Å². The van der Waals surface area contributed by atoms with Crippen molar-refractivity contribution in [1.29, 1.82) is 0 Å². The van der Waals surface area contributed by atoms with Crippen LogP contribution in [0.5, 0.6) is 0 Å². The molecule has 4 nitrogen and oxygen atoms in total. The molecular weight excluding hydrogens is 250 g/mol. The van der Waals surface area contributed by atoms with E-state index in [1.54, 1.807) is 12.4 Å². The highest BCUT2D eigenvalue weighted by molar-refractivity contribution is 6.15. The van der Waals surface area contributed by atoms with Crippen molar-refractivity contribution in [1.82, 2.24) is 9.97 Å². The second-order valence-corrected chi connectivity index (χ2v) is 4.30. The summed E-state index contributed by atoms with van der Waals surface area (Å²) in [6.45, 7) is 0. The van der Waals surface area contributed by atoms with Gasteiger partial charge in [-0.05, 0) is 0 Å². The Hall–Kier alpha value is -2.88. The topological polar surface area (TPSA) is 61.3 Å². The molecule has 1 heterocycles. The van der Waals surface area contributed by atoms with Gasteiger partial charge in [-0.3, -0.25) is 0 Å². The Morgan fingerprint density at radius 2 is 1.75 bits per heavy atom. The summed E-state index contributed by atoms with van der Waals surface area (Å²) in [6.07, 6.45) is 3.47. The zero-order valence-corrected chi connectivity index (χ0v) is 10.7. The fraction of sp³-hybridized carbons (Fsp3) is 0. The van der Waals surface area contributed by atoms with Gasteiger partial charge in [0.1, 0.15) is 11.5 Å². The number of H-pyrrole nitrogens is 1. The van der Waals surface area contributed by atoms with Crippen LogP contribution >= 0.6 is 0 Å². The van der Waals surface area contributed by atoms with Crippen molar-refractivity contribution in [3.05, 3.63) is 78.1 Å². The molecular formula is C16H13N3O. The van der Waals surface area contributed by atoms with Gasteiger partial charge in [-0.15, -0.1) is 0 Å². The van der Waals surface area contributed by atoms with Crippen LogP contribution in [0.25, 0.3) is 11.4 Å². The lowest BCUT2D eigenvalue weighted by Gasteiger charge is -2.09. The Balaban J connectivity index is 2.15. The third-order valence-electron chi connectivity index (χ3n) is 3.08. The first-order valence-electron chi connectivity index (χ1n) is 6.27. The number of benzene rings is 2.